The van der Waals surface area contributed by atoms with Crippen LogP contribution in [0.15, 0.2) is 12.1 Å². The summed E-state index contributed by atoms with van der Waals surface area (Å²) in [5.41, 5.74) is 9.18. The fraction of sp³-hybridized carbons (Fsp3) is 0.571. The number of nitrogens with two attached hydrogens (primary N) is 1. The fourth-order valence-corrected chi connectivity index (χ4v) is 3.08. The summed E-state index contributed by atoms with van der Waals surface area (Å²) in [6.45, 7) is 1.98. The molecule has 2 heterocycles. The molecule has 0 aliphatic heterocycles. The number of aryl methyl sites for hydroxylation is 1. The van der Waals surface area contributed by atoms with E-state index in [1.165, 1.54) is 31.4 Å². The maximum atomic E-state index is 6.11. The molecule has 4 heteroatoms. The Morgan fingerprint density at radius 1 is 1.22 bits per heavy atom. The number of rotatable bonds is 3. The monoisotopic (exact) mass is 242 g/mol. The van der Waals surface area contributed by atoms with E-state index in [4.69, 9.17) is 10.7 Å². The van der Waals surface area contributed by atoms with E-state index in [0.717, 1.165) is 29.0 Å². The van der Waals surface area contributed by atoms with E-state index in [9.17, 15) is 0 Å². The van der Waals surface area contributed by atoms with Gasteiger partial charge in [0, 0.05) is 18.1 Å². The maximum absolute atomic E-state index is 6.11. The number of hydrogen-bond donors (Lipinski definition) is 1. The summed E-state index contributed by atoms with van der Waals surface area (Å²) in [7, 11) is 0. The molecule has 0 aromatic carbocycles. The van der Waals surface area contributed by atoms with Gasteiger partial charge in [0.15, 0.2) is 5.65 Å². The fourth-order valence-electron chi connectivity index (χ4n) is 3.08. The first-order chi connectivity index (χ1) is 8.72. The molecule has 0 radical (unpaired) electrons. The highest BCUT2D eigenvalue weighted by atomic mass is 15.3. The summed E-state index contributed by atoms with van der Waals surface area (Å²) in [5, 5.41) is 4.36. The SMILES string of the molecule is Cc1cc2nc(C(C3CC3)C3CC3)cc(N)n2n1. The van der Waals surface area contributed by atoms with Gasteiger partial charge in [0.2, 0.25) is 0 Å². The van der Waals surface area contributed by atoms with Gasteiger partial charge in [-0.15, -0.1) is 0 Å². The Kier molecular flexibility index (Phi) is 1.99. The summed E-state index contributed by atoms with van der Waals surface area (Å²) >= 11 is 0. The molecule has 2 aliphatic carbocycles. The highest BCUT2D eigenvalue weighted by Gasteiger charge is 2.43. The smallest absolute Gasteiger partial charge is 0.157 e. The van der Waals surface area contributed by atoms with Crippen LogP contribution in [0.2, 0.25) is 0 Å². The molecular formula is C14H18N4. The van der Waals surface area contributed by atoms with Crippen LogP contribution in [0.5, 0.6) is 0 Å². The number of fused-ring (bicyclic) bond motifs is 1. The van der Waals surface area contributed by atoms with Crippen LogP contribution >= 0.6 is 0 Å². The van der Waals surface area contributed by atoms with Crippen molar-refractivity contribution in [3.63, 3.8) is 0 Å². The number of aromatic nitrogens is 3. The second-order valence-electron chi connectivity index (χ2n) is 5.86. The first-order valence-corrected chi connectivity index (χ1v) is 6.85. The number of hydrogen-bond acceptors (Lipinski definition) is 3. The van der Waals surface area contributed by atoms with E-state index in [-0.39, 0.29) is 0 Å². The molecule has 0 spiro atoms. The van der Waals surface area contributed by atoms with Crippen molar-refractivity contribution < 1.29 is 0 Å². The Balaban J connectivity index is 1.83. The van der Waals surface area contributed by atoms with Gasteiger partial charge in [-0.25, -0.2) is 4.98 Å². The second kappa shape index (κ2) is 3.46. The quantitative estimate of drug-likeness (QED) is 0.899. The third-order valence-corrected chi connectivity index (χ3v) is 4.20. The van der Waals surface area contributed by atoms with Gasteiger partial charge in [-0.2, -0.15) is 9.61 Å². The van der Waals surface area contributed by atoms with E-state index < -0.39 is 0 Å². The maximum Gasteiger partial charge on any atom is 0.157 e. The Labute approximate surface area is 106 Å². The van der Waals surface area contributed by atoms with Gasteiger partial charge in [0.25, 0.3) is 0 Å². The van der Waals surface area contributed by atoms with E-state index >= 15 is 0 Å². The van der Waals surface area contributed by atoms with E-state index in [1.54, 1.807) is 4.52 Å². The predicted octanol–water partition coefficient (Wildman–Crippen LogP) is 2.52. The molecule has 2 aromatic heterocycles. The lowest BCUT2D eigenvalue weighted by atomic mass is 9.94. The number of nitrogens with zero attached hydrogens (tertiary/aromatic N) is 3. The highest BCUT2D eigenvalue weighted by molar-refractivity contribution is 5.49. The lowest BCUT2D eigenvalue weighted by Gasteiger charge is -2.15. The van der Waals surface area contributed by atoms with Crippen molar-refractivity contribution in [2.45, 2.75) is 38.5 Å². The van der Waals surface area contributed by atoms with Crippen molar-refractivity contribution in [2.75, 3.05) is 5.73 Å². The van der Waals surface area contributed by atoms with Crippen LogP contribution in [0.25, 0.3) is 5.65 Å². The topological polar surface area (TPSA) is 56.2 Å². The Bertz CT molecular complexity index is 596. The third-order valence-electron chi connectivity index (χ3n) is 4.20. The molecule has 18 heavy (non-hydrogen) atoms. The van der Waals surface area contributed by atoms with Crippen molar-refractivity contribution in [3.05, 3.63) is 23.5 Å². The zero-order chi connectivity index (χ0) is 12.3. The lowest BCUT2D eigenvalue weighted by molar-refractivity contribution is 0.524. The Morgan fingerprint density at radius 2 is 1.89 bits per heavy atom. The first-order valence-electron chi connectivity index (χ1n) is 6.85. The molecule has 0 saturated heterocycles. The van der Waals surface area contributed by atoms with Gasteiger partial charge in [0.05, 0.1) is 11.4 Å². The molecule has 2 fully saturated rings. The summed E-state index contributed by atoms with van der Waals surface area (Å²) in [6, 6.07) is 4.05. The summed E-state index contributed by atoms with van der Waals surface area (Å²) in [5.74, 6) is 3.08. The number of nitrogen functional groups attached to an aromatic ring is 1. The third kappa shape index (κ3) is 1.59. The van der Waals surface area contributed by atoms with Gasteiger partial charge < -0.3 is 5.73 Å². The van der Waals surface area contributed by atoms with E-state index in [0.29, 0.717) is 5.92 Å². The zero-order valence-corrected chi connectivity index (χ0v) is 10.6. The van der Waals surface area contributed by atoms with Crippen LogP contribution in [0.4, 0.5) is 5.82 Å². The predicted molar refractivity (Wildman–Crippen MR) is 70.3 cm³/mol. The molecule has 4 rings (SSSR count). The molecule has 0 bridgehead atoms. The number of anilines is 1. The van der Waals surface area contributed by atoms with E-state index in [2.05, 4.69) is 5.10 Å². The van der Waals surface area contributed by atoms with Crippen LogP contribution in [0, 0.1) is 18.8 Å². The van der Waals surface area contributed by atoms with Crippen molar-refractivity contribution >= 4 is 11.5 Å². The van der Waals surface area contributed by atoms with Crippen LogP contribution in [-0.2, 0) is 0 Å². The van der Waals surface area contributed by atoms with Gasteiger partial charge in [-0.1, -0.05) is 0 Å². The van der Waals surface area contributed by atoms with Gasteiger partial charge in [-0.05, 0) is 44.4 Å². The minimum atomic E-state index is 0.646. The lowest BCUT2D eigenvalue weighted by Crippen LogP contribution is -2.10. The molecule has 94 valence electrons. The van der Waals surface area contributed by atoms with Crippen molar-refractivity contribution in [1.82, 2.24) is 14.6 Å². The summed E-state index contributed by atoms with van der Waals surface area (Å²) in [6.07, 6.45) is 5.47. The summed E-state index contributed by atoms with van der Waals surface area (Å²) < 4.78 is 1.75. The molecule has 0 atom stereocenters. The molecule has 4 nitrogen and oxygen atoms in total. The van der Waals surface area contributed by atoms with Gasteiger partial charge in [0.1, 0.15) is 5.82 Å². The minimum Gasteiger partial charge on any atom is -0.384 e. The molecular weight excluding hydrogens is 224 g/mol. The average molecular weight is 242 g/mol. The van der Waals surface area contributed by atoms with Crippen molar-refractivity contribution in [2.24, 2.45) is 11.8 Å². The molecule has 0 unspecified atom stereocenters. The van der Waals surface area contributed by atoms with E-state index in [1.807, 2.05) is 19.1 Å². The standard InChI is InChI=1S/C14H18N4/c1-8-6-13-16-11(7-12(15)18(13)17-8)14(9-2-3-9)10-4-5-10/h6-7,9-10,14H,2-5,15H2,1H3. The van der Waals surface area contributed by atoms with Crippen LogP contribution in [-0.4, -0.2) is 14.6 Å². The Morgan fingerprint density at radius 3 is 2.50 bits per heavy atom. The normalized spacial score (nSPS) is 19.9. The van der Waals surface area contributed by atoms with Crippen LogP contribution < -0.4 is 5.73 Å². The summed E-state index contributed by atoms with van der Waals surface area (Å²) in [4.78, 5) is 4.80. The molecule has 2 saturated carbocycles. The van der Waals surface area contributed by atoms with Crippen molar-refractivity contribution in [1.29, 1.82) is 0 Å². The van der Waals surface area contributed by atoms with Crippen LogP contribution in [0.1, 0.15) is 43.0 Å². The van der Waals surface area contributed by atoms with Gasteiger partial charge in [-0.3, -0.25) is 0 Å². The van der Waals surface area contributed by atoms with Gasteiger partial charge >= 0.3 is 0 Å². The average Bonchev–Trinajstić information content (AvgIpc) is 3.20. The molecule has 0 amide bonds. The largest absolute Gasteiger partial charge is 0.384 e. The van der Waals surface area contributed by atoms with Crippen LogP contribution in [0.3, 0.4) is 0 Å². The molecule has 2 N–H and O–H groups in total. The zero-order valence-electron chi connectivity index (χ0n) is 10.6. The van der Waals surface area contributed by atoms with Crippen molar-refractivity contribution in [3.8, 4) is 0 Å². The highest BCUT2D eigenvalue weighted by Crippen LogP contribution is 2.54. The Hall–Kier alpha value is -1.58. The first kappa shape index (κ1) is 10.4. The molecule has 2 aliphatic rings. The second-order valence-corrected chi connectivity index (χ2v) is 5.86. The molecule has 2 aromatic rings. The minimum absolute atomic E-state index is 0.646.